The second-order valence-corrected chi connectivity index (χ2v) is 5.21. The van der Waals surface area contributed by atoms with Crippen LogP contribution in [-0.2, 0) is 11.2 Å². The normalized spacial score (nSPS) is 21.3. The number of carbonyl (C=O) groups excluding carboxylic acids is 1. The number of hydrogen-bond donors (Lipinski definition) is 2. The van der Waals surface area contributed by atoms with E-state index in [2.05, 4.69) is 4.98 Å². The zero-order valence-electron chi connectivity index (χ0n) is 11.8. The molecule has 21 heavy (non-hydrogen) atoms. The van der Waals surface area contributed by atoms with Gasteiger partial charge in [0.25, 0.3) is 0 Å². The van der Waals surface area contributed by atoms with Crippen molar-refractivity contribution in [2.45, 2.75) is 25.0 Å². The lowest BCUT2D eigenvalue weighted by molar-refractivity contribution is -0.141. The maximum absolute atomic E-state index is 12.3. The van der Waals surface area contributed by atoms with Gasteiger partial charge in [-0.1, -0.05) is 0 Å². The lowest BCUT2D eigenvalue weighted by atomic mass is 10.2. The number of carboxylic acid groups (broad SMARTS) is 1. The lowest BCUT2D eigenvalue weighted by Crippen LogP contribution is -2.47. The highest BCUT2D eigenvalue weighted by atomic mass is 16.4. The van der Waals surface area contributed by atoms with Crippen molar-refractivity contribution < 1.29 is 19.8 Å². The highest BCUT2D eigenvalue weighted by Gasteiger charge is 2.39. The maximum atomic E-state index is 12.3. The van der Waals surface area contributed by atoms with E-state index in [1.54, 1.807) is 19.4 Å². The number of aliphatic hydroxyl groups excluding tert-OH is 1. The predicted molar refractivity (Wildman–Crippen MR) is 74.7 cm³/mol. The van der Waals surface area contributed by atoms with Crippen LogP contribution in [0.5, 0.6) is 0 Å². The summed E-state index contributed by atoms with van der Waals surface area (Å²) >= 11 is 0. The smallest absolute Gasteiger partial charge is 0.326 e. The molecule has 1 saturated heterocycles. The average Bonchev–Trinajstić information content (AvgIpc) is 2.87. The third-order valence-corrected chi connectivity index (χ3v) is 3.62. The molecule has 0 saturated carbocycles. The van der Waals surface area contributed by atoms with Crippen LogP contribution in [0.3, 0.4) is 0 Å². The molecule has 1 aliphatic rings. The summed E-state index contributed by atoms with van der Waals surface area (Å²) in [6.45, 7) is 0.539. The summed E-state index contributed by atoms with van der Waals surface area (Å²) in [5, 5.41) is 18.7. The first-order valence-corrected chi connectivity index (χ1v) is 6.80. The number of nitrogens with zero attached hydrogens (tertiary/aromatic N) is 3. The number of likely N-dealkylation sites (tertiary alicyclic amines) is 1. The van der Waals surface area contributed by atoms with Gasteiger partial charge in [0, 0.05) is 39.0 Å². The summed E-state index contributed by atoms with van der Waals surface area (Å²) < 4.78 is 0. The number of likely N-dealkylation sites (N-methyl/N-ethyl adjacent to an activating group) is 1. The Morgan fingerprint density at radius 3 is 2.71 bits per heavy atom. The number of amides is 2. The topological polar surface area (TPSA) is 94.0 Å². The quantitative estimate of drug-likeness (QED) is 0.827. The molecule has 2 heterocycles. The molecule has 7 heteroatoms. The number of aliphatic hydroxyl groups is 1. The molecule has 1 aromatic heterocycles. The van der Waals surface area contributed by atoms with Crippen LogP contribution in [0.1, 0.15) is 12.0 Å². The predicted octanol–water partition coefficient (Wildman–Crippen LogP) is 0.196. The Morgan fingerprint density at radius 1 is 1.43 bits per heavy atom. The van der Waals surface area contributed by atoms with Crippen LogP contribution in [-0.4, -0.2) is 69.3 Å². The van der Waals surface area contributed by atoms with Gasteiger partial charge < -0.3 is 20.0 Å². The standard InChI is InChI=1S/C14H19N3O4/c1-16(7-4-10-2-5-15-6-3-10)14(21)17-9-11(18)8-12(17)13(19)20/h2-3,5-6,11-12,18H,4,7-9H2,1H3,(H,19,20)/t11-,12-/m1/s1. The van der Waals surface area contributed by atoms with Crippen LogP contribution in [0.15, 0.2) is 24.5 Å². The van der Waals surface area contributed by atoms with Crippen LogP contribution >= 0.6 is 0 Å². The van der Waals surface area contributed by atoms with Crippen molar-refractivity contribution in [3.63, 3.8) is 0 Å². The zero-order chi connectivity index (χ0) is 15.4. The molecule has 2 atom stereocenters. The Hall–Kier alpha value is -2.15. The molecule has 0 aromatic carbocycles. The van der Waals surface area contributed by atoms with Crippen molar-refractivity contribution >= 4 is 12.0 Å². The minimum atomic E-state index is -1.08. The first-order valence-electron chi connectivity index (χ1n) is 6.80. The van der Waals surface area contributed by atoms with Crippen LogP contribution in [0.2, 0.25) is 0 Å². The molecule has 2 N–H and O–H groups in total. The summed E-state index contributed by atoms with van der Waals surface area (Å²) in [5.41, 5.74) is 1.06. The molecule has 7 nitrogen and oxygen atoms in total. The second kappa shape index (κ2) is 6.53. The van der Waals surface area contributed by atoms with Gasteiger partial charge in [-0.2, -0.15) is 0 Å². The molecular weight excluding hydrogens is 274 g/mol. The number of β-amino-alcohol motifs (C(OH)–C–C–N with tert-alkyl or cyclic N) is 1. The van der Waals surface area contributed by atoms with Gasteiger partial charge in [-0.25, -0.2) is 9.59 Å². The number of carboxylic acids is 1. The molecule has 114 valence electrons. The first-order chi connectivity index (χ1) is 9.99. The average molecular weight is 293 g/mol. The van der Waals surface area contributed by atoms with E-state index in [9.17, 15) is 14.7 Å². The number of rotatable bonds is 4. The fourth-order valence-electron chi connectivity index (χ4n) is 2.42. The zero-order valence-corrected chi connectivity index (χ0v) is 11.8. The molecular formula is C14H19N3O4. The van der Waals surface area contributed by atoms with Crippen LogP contribution in [0, 0.1) is 0 Å². The van der Waals surface area contributed by atoms with Crippen molar-refractivity contribution in [2.24, 2.45) is 0 Å². The van der Waals surface area contributed by atoms with Crippen molar-refractivity contribution in [3.8, 4) is 0 Å². The Kier molecular flexibility index (Phi) is 4.74. The third kappa shape index (κ3) is 3.69. The second-order valence-electron chi connectivity index (χ2n) is 5.21. The molecule has 1 fully saturated rings. The summed E-state index contributed by atoms with van der Waals surface area (Å²) in [6.07, 6.45) is 3.35. The molecule has 0 aliphatic carbocycles. The van der Waals surface area contributed by atoms with E-state index in [0.29, 0.717) is 13.0 Å². The van der Waals surface area contributed by atoms with Gasteiger partial charge in [0.2, 0.25) is 0 Å². The van der Waals surface area contributed by atoms with E-state index in [-0.39, 0.29) is 19.0 Å². The largest absolute Gasteiger partial charge is 0.480 e. The molecule has 1 aromatic rings. The molecule has 0 spiro atoms. The minimum Gasteiger partial charge on any atom is -0.480 e. The number of aliphatic carboxylic acids is 1. The fourth-order valence-corrected chi connectivity index (χ4v) is 2.42. The lowest BCUT2D eigenvalue weighted by Gasteiger charge is -2.27. The van der Waals surface area contributed by atoms with Crippen molar-refractivity contribution in [2.75, 3.05) is 20.1 Å². The van der Waals surface area contributed by atoms with E-state index in [1.165, 1.54) is 9.80 Å². The van der Waals surface area contributed by atoms with Gasteiger partial charge in [0.1, 0.15) is 6.04 Å². The summed E-state index contributed by atoms with van der Waals surface area (Å²) in [4.78, 5) is 30.1. The van der Waals surface area contributed by atoms with Gasteiger partial charge >= 0.3 is 12.0 Å². The van der Waals surface area contributed by atoms with Gasteiger partial charge in [0.05, 0.1) is 6.10 Å². The SMILES string of the molecule is CN(CCc1ccncc1)C(=O)N1C[C@H](O)C[C@@H]1C(=O)O. The number of carbonyl (C=O) groups is 2. The Bertz CT molecular complexity index is 508. The van der Waals surface area contributed by atoms with Crippen LogP contribution in [0.4, 0.5) is 4.79 Å². The highest BCUT2D eigenvalue weighted by molar-refractivity contribution is 5.83. The molecule has 2 rings (SSSR count). The van der Waals surface area contributed by atoms with E-state index < -0.39 is 18.1 Å². The fraction of sp³-hybridized carbons (Fsp3) is 0.500. The van der Waals surface area contributed by atoms with E-state index >= 15 is 0 Å². The Balaban J connectivity index is 1.94. The van der Waals surface area contributed by atoms with Crippen LogP contribution < -0.4 is 0 Å². The van der Waals surface area contributed by atoms with Crippen molar-refractivity contribution in [1.29, 1.82) is 0 Å². The maximum Gasteiger partial charge on any atom is 0.326 e. The van der Waals surface area contributed by atoms with E-state index in [1.807, 2.05) is 12.1 Å². The highest BCUT2D eigenvalue weighted by Crippen LogP contribution is 2.19. The van der Waals surface area contributed by atoms with E-state index in [4.69, 9.17) is 5.11 Å². The van der Waals surface area contributed by atoms with Gasteiger partial charge in [0.15, 0.2) is 0 Å². The van der Waals surface area contributed by atoms with E-state index in [0.717, 1.165) is 5.56 Å². The van der Waals surface area contributed by atoms with Gasteiger partial charge in [-0.3, -0.25) is 4.98 Å². The summed E-state index contributed by atoms with van der Waals surface area (Å²) in [5.74, 6) is -1.08. The Morgan fingerprint density at radius 2 is 2.10 bits per heavy atom. The van der Waals surface area contributed by atoms with Crippen molar-refractivity contribution in [1.82, 2.24) is 14.8 Å². The number of hydrogen-bond acceptors (Lipinski definition) is 4. The number of aromatic nitrogens is 1. The minimum absolute atomic E-state index is 0.0649. The molecule has 0 radical (unpaired) electrons. The summed E-state index contributed by atoms with van der Waals surface area (Å²) in [7, 11) is 1.63. The first kappa shape index (κ1) is 15.2. The molecule has 2 amide bonds. The molecule has 0 bridgehead atoms. The molecule has 0 unspecified atom stereocenters. The monoisotopic (exact) mass is 293 g/mol. The van der Waals surface area contributed by atoms with Crippen LogP contribution in [0.25, 0.3) is 0 Å². The molecule has 1 aliphatic heterocycles. The van der Waals surface area contributed by atoms with Gasteiger partial charge in [-0.15, -0.1) is 0 Å². The third-order valence-electron chi connectivity index (χ3n) is 3.62. The van der Waals surface area contributed by atoms with Gasteiger partial charge in [-0.05, 0) is 24.1 Å². The Labute approximate surface area is 122 Å². The van der Waals surface area contributed by atoms with Crippen molar-refractivity contribution in [3.05, 3.63) is 30.1 Å². The number of pyridine rings is 1. The summed E-state index contributed by atoms with van der Waals surface area (Å²) in [6, 6.07) is 2.43. The number of urea groups is 1.